The van der Waals surface area contributed by atoms with Crippen molar-refractivity contribution in [3.63, 3.8) is 0 Å². The Labute approximate surface area is 90.5 Å². The zero-order valence-electron chi connectivity index (χ0n) is 9.45. The molecule has 88 valence electrons. The number of amides is 2. The van der Waals surface area contributed by atoms with Gasteiger partial charge in [0.2, 0.25) is 11.8 Å². The summed E-state index contributed by atoms with van der Waals surface area (Å²) in [7, 11) is 3.37. The highest BCUT2D eigenvalue weighted by atomic mass is 16.3. The van der Waals surface area contributed by atoms with E-state index in [2.05, 4.69) is 5.32 Å². The lowest BCUT2D eigenvalue weighted by atomic mass is 10.2. The second-order valence-electron chi connectivity index (χ2n) is 3.57. The van der Waals surface area contributed by atoms with Gasteiger partial charge in [-0.15, -0.1) is 0 Å². The van der Waals surface area contributed by atoms with Crippen LogP contribution in [0, 0.1) is 0 Å². The monoisotopic (exact) mass is 216 g/mol. The molecule has 15 heavy (non-hydrogen) atoms. The first kappa shape index (κ1) is 13.9. The van der Waals surface area contributed by atoms with E-state index in [-0.39, 0.29) is 18.4 Å². The molecule has 0 bridgehead atoms. The number of hydrogen-bond acceptors (Lipinski definition) is 3. The average molecular weight is 216 g/mol. The number of carbonyl (C=O) groups excluding carboxylic acids is 2. The Bertz CT molecular complexity index is 205. The highest BCUT2D eigenvalue weighted by Crippen LogP contribution is 1.94. The second kappa shape index (κ2) is 8.23. The number of rotatable bonds is 7. The van der Waals surface area contributed by atoms with Crippen molar-refractivity contribution in [2.45, 2.75) is 25.7 Å². The van der Waals surface area contributed by atoms with Crippen LogP contribution in [0.5, 0.6) is 0 Å². The molecule has 0 unspecified atom stereocenters. The summed E-state index contributed by atoms with van der Waals surface area (Å²) in [5, 5.41) is 11.2. The normalized spacial score (nSPS) is 9.80. The van der Waals surface area contributed by atoms with Gasteiger partial charge in [-0.3, -0.25) is 9.59 Å². The smallest absolute Gasteiger partial charge is 0.223 e. The van der Waals surface area contributed by atoms with Gasteiger partial charge in [0.25, 0.3) is 0 Å². The number of hydrogen-bond donors (Lipinski definition) is 2. The molecule has 0 saturated heterocycles. The van der Waals surface area contributed by atoms with Gasteiger partial charge in [0.05, 0.1) is 0 Å². The number of nitrogens with zero attached hydrogens (tertiary/aromatic N) is 1. The third-order valence-electron chi connectivity index (χ3n) is 1.97. The van der Waals surface area contributed by atoms with Crippen LogP contribution in [0.1, 0.15) is 25.7 Å². The predicted octanol–water partition coefficient (Wildman–Crippen LogP) is -0.257. The Hall–Kier alpha value is -1.10. The fraction of sp³-hybridized carbons (Fsp3) is 0.800. The number of nitrogens with one attached hydrogen (secondary N) is 1. The molecule has 0 fully saturated rings. The van der Waals surface area contributed by atoms with E-state index in [1.54, 1.807) is 14.1 Å². The Morgan fingerprint density at radius 1 is 1.20 bits per heavy atom. The summed E-state index contributed by atoms with van der Waals surface area (Å²) in [4.78, 5) is 23.8. The maximum Gasteiger partial charge on any atom is 0.223 e. The molecular formula is C10H20N2O3. The number of carbonyl (C=O) groups is 2. The Morgan fingerprint density at radius 2 is 1.87 bits per heavy atom. The molecule has 0 aliphatic carbocycles. The maximum absolute atomic E-state index is 11.2. The number of unbranched alkanes of at least 4 members (excludes halogenated alkanes) is 1. The minimum absolute atomic E-state index is 0.00524. The first-order valence-electron chi connectivity index (χ1n) is 5.15. The van der Waals surface area contributed by atoms with Crippen molar-refractivity contribution in [3.8, 4) is 0 Å². The van der Waals surface area contributed by atoms with E-state index in [4.69, 9.17) is 5.11 Å². The fourth-order valence-corrected chi connectivity index (χ4v) is 1.02. The fourth-order valence-electron chi connectivity index (χ4n) is 1.02. The Kier molecular flexibility index (Phi) is 7.62. The number of aliphatic hydroxyl groups is 1. The van der Waals surface area contributed by atoms with Crippen LogP contribution in [0.3, 0.4) is 0 Å². The van der Waals surface area contributed by atoms with Crippen LogP contribution in [-0.2, 0) is 9.59 Å². The van der Waals surface area contributed by atoms with Crippen molar-refractivity contribution in [2.75, 3.05) is 27.2 Å². The Morgan fingerprint density at radius 3 is 2.40 bits per heavy atom. The van der Waals surface area contributed by atoms with E-state index in [0.29, 0.717) is 32.2 Å². The minimum atomic E-state index is -0.0602. The van der Waals surface area contributed by atoms with Crippen molar-refractivity contribution in [1.29, 1.82) is 0 Å². The van der Waals surface area contributed by atoms with Crippen LogP contribution in [0.4, 0.5) is 0 Å². The largest absolute Gasteiger partial charge is 0.396 e. The third-order valence-corrected chi connectivity index (χ3v) is 1.97. The van der Waals surface area contributed by atoms with Crippen molar-refractivity contribution < 1.29 is 14.7 Å². The topological polar surface area (TPSA) is 69.6 Å². The molecule has 0 aromatic heterocycles. The van der Waals surface area contributed by atoms with E-state index in [0.717, 1.165) is 0 Å². The molecule has 0 aliphatic rings. The van der Waals surface area contributed by atoms with Crippen LogP contribution in [0.25, 0.3) is 0 Å². The van der Waals surface area contributed by atoms with Crippen molar-refractivity contribution >= 4 is 11.8 Å². The molecule has 0 spiro atoms. The molecule has 0 aromatic carbocycles. The van der Waals surface area contributed by atoms with Crippen molar-refractivity contribution in [3.05, 3.63) is 0 Å². The molecule has 0 atom stereocenters. The van der Waals surface area contributed by atoms with E-state index < -0.39 is 0 Å². The van der Waals surface area contributed by atoms with Gasteiger partial charge in [-0.25, -0.2) is 0 Å². The quantitative estimate of drug-likeness (QED) is 0.576. The lowest BCUT2D eigenvalue weighted by Gasteiger charge is -2.10. The maximum atomic E-state index is 11.2. The molecule has 0 aliphatic heterocycles. The van der Waals surface area contributed by atoms with E-state index in [1.807, 2.05) is 0 Å². The van der Waals surface area contributed by atoms with E-state index in [9.17, 15) is 9.59 Å². The van der Waals surface area contributed by atoms with Gasteiger partial charge in [-0.2, -0.15) is 0 Å². The van der Waals surface area contributed by atoms with Crippen LogP contribution >= 0.6 is 0 Å². The molecule has 0 radical (unpaired) electrons. The molecule has 5 nitrogen and oxygen atoms in total. The summed E-state index contributed by atoms with van der Waals surface area (Å²) in [5.74, 6) is -0.0549. The first-order chi connectivity index (χ1) is 7.07. The van der Waals surface area contributed by atoms with Gasteiger partial charge in [0, 0.05) is 40.1 Å². The van der Waals surface area contributed by atoms with E-state index >= 15 is 0 Å². The highest BCUT2D eigenvalue weighted by Gasteiger charge is 2.05. The molecule has 5 heteroatoms. The summed E-state index contributed by atoms with van der Waals surface area (Å²) in [6, 6.07) is 0. The van der Waals surface area contributed by atoms with Crippen LogP contribution in [0.15, 0.2) is 0 Å². The SMILES string of the molecule is CN(C)C(=O)CCNC(=O)CCCCO. The summed E-state index contributed by atoms with van der Waals surface area (Å²) in [6.07, 6.45) is 2.07. The number of aliphatic hydroxyl groups excluding tert-OH is 1. The summed E-state index contributed by atoms with van der Waals surface area (Å²) >= 11 is 0. The summed E-state index contributed by atoms with van der Waals surface area (Å²) < 4.78 is 0. The molecule has 2 N–H and O–H groups in total. The zero-order valence-corrected chi connectivity index (χ0v) is 9.45. The summed E-state index contributed by atoms with van der Waals surface area (Å²) in [5.41, 5.74) is 0. The molecule has 2 amide bonds. The van der Waals surface area contributed by atoms with Crippen LogP contribution in [-0.4, -0.2) is 49.1 Å². The van der Waals surface area contributed by atoms with Gasteiger partial charge >= 0.3 is 0 Å². The van der Waals surface area contributed by atoms with E-state index in [1.165, 1.54) is 4.90 Å². The van der Waals surface area contributed by atoms with Gasteiger partial charge in [-0.05, 0) is 12.8 Å². The van der Waals surface area contributed by atoms with Crippen LogP contribution in [0.2, 0.25) is 0 Å². The zero-order chi connectivity index (χ0) is 11.7. The molecule has 0 aromatic rings. The second-order valence-corrected chi connectivity index (χ2v) is 3.57. The van der Waals surface area contributed by atoms with Gasteiger partial charge in [0.1, 0.15) is 0 Å². The van der Waals surface area contributed by atoms with Gasteiger partial charge < -0.3 is 15.3 Å². The van der Waals surface area contributed by atoms with Crippen molar-refractivity contribution in [2.24, 2.45) is 0 Å². The van der Waals surface area contributed by atoms with Gasteiger partial charge in [0.15, 0.2) is 0 Å². The minimum Gasteiger partial charge on any atom is -0.396 e. The molecule has 0 saturated carbocycles. The Balaban J connectivity index is 3.42. The molecule has 0 rings (SSSR count). The third kappa shape index (κ3) is 7.93. The first-order valence-corrected chi connectivity index (χ1v) is 5.15. The molecule has 0 heterocycles. The standard InChI is InChI=1S/C10H20N2O3/c1-12(2)10(15)6-7-11-9(14)5-3-4-8-13/h13H,3-8H2,1-2H3,(H,11,14). The lowest BCUT2D eigenvalue weighted by Crippen LogP contribution is -2.30. The lowest BCUT2D eigenvalue weighted by molar-refractivity contribution is -0.128. The average Bonchev–Trinajstić information content (AvgIpc) is 2.18. The van der Waals surface area contributed by atoms with Gasteiger partial charge in [-0.1, -0.05) is 0 Å². The highest BCUT2D eigenvalue weighted by molar-refractivity contribution is 5.78. The summed E-state index contributed by atoms with van der Waals surface area (Å²) in [6.45, 7) is 0.501. The van der Waals surface area contributed by atoms with Crippen LogP contribution < -0.4 is 5.32 Å². The van der Waals surface area contributed by atoms with Crippen molar-refractivity contribution in [1.82, 2.24) is 10.2 Å². The molecular weight excluding hydrogens is 196 g/mol. The predicted molar refractivity (Wildman–Crippen MR) is 57.3 cm³/mol.